The minimum Gasteiger partial charge on any atom is -0.487 e. The van der Waals surface area contributed by atoms with Gasteiger partial charge in [0.15, 0.2) is 0 Å². The van der Waals surface area contributed by atoms with Gasteiger partial charge in [0.05, 0.1) is 25.3 Å². The third kappa shape index (κ3) is 6.67. The third-order valence-electron chi connectivity index (χ3n) is 6.20. The van der Waals surface area contributed by atoms with E-state index in [9.17, 15) is 22.7 Å². The normalized spacial score (nSPS) is 20.0. The number of rotatable bonds is 6. The van der Waals surface area contributed by atoms with Crippen LogP contribution in [0.4, 0.5) is 4.39 Å². The summed E-state index contributed by atoms with van der Waals surface area (Å²) in [4.78, 5) is 16.2. The van der Waals surface area contributed by atoms with Crippen LogP contribution < -0.4 is 4.74 Å². The Hall–Kier alpha value is -2.97. The van der Waals surface area contributed by atoms with Crippen molar-refractivity contribution in [1.82, 2.24) is 14.1 Å². The number of amides is 1. The molecular formula is C27H34FN3O5S. The second-order valence-electron chi connectivity index (χ2n) is 9.61. The van der Waals surface area contributed by atoms with Gasteiger partial charge in [-0.05, 0) is 51.4 Å². The van der Waals surface area contributed by atoms with E-state index in [4.69, 9.17) is 4.74 Å². The van der Waals surface area contributed by atoms with E-state index in [1.54, 1.807) is 32.2 Å². The van der Waals surface area contributed by atoms with Crippen LogP contribution >= 0.6 is 0 Å². The van der Waals surface area contributed by atoms with Crippen molar-refractivity contribution in [2.75, 3.05) is 47.4 Å². The van der Waals surface area contributed by atoms with E-state index in [2.05, 4.69) is 11.8 Å². The molecule has 0 saturated heterocycles. The molecule has 0 radical (unpaired) electrons. The molecule has 1 aliphatic rings. The lowest BCUT2D eigenvalue weighted by molar-refractivity contribution is 0.0560. The summed E-state index contributed by atoms with van der Waals surface area (Å²) < 4.78 is 48.9. The third-order valence-corrected chi connectivity index (χ3v) is 8.22. The summed E-state index contributed by atoms with van der Waals surface area (Å²) in [7, 11) is 1.35. The fraction of sp³-hybridized carbons (Fsp3) is 0.444. The molecule has 0 fully saturated rings. The van der Waals surface area contributed by atoms with E-state index in [0.717, 1.165) is 0 Å². The van der Waals surface area contributed by atoms with Crippen molar-refractivity contribution < 1.29 is 27.4 Å². The van der Waals surface area contributed by atoms with E-state index in [0.29, 0.717) is 12.1 Å². The second-order valence-corrected chi connectivity index (χ2v) is 11.5. The van der Waals surface area contributed by atoms with E-state index < -0.39 is 33.9 Å². The van der Waals surface area contributed by atoms with Crippen molar-refractivity contribution in [3.8, 4) is 17.6 Å². The van der Waals surface area contributed by atoms with Crippen LogP contribution in [0.1, 0.15) is 29.8 Å². The van der Waals surface area contributed by atoms with Gasteiger partial charge in [0, 0.05) is 31.1 Å². The monoisotopic (exact) mass is 531 g/mol. The molecule has 2 aromatic rings. The number of halogens is 1. The minimum atomic E-state index is -3.99. The second kappa shape index (κ2) is 12.0. The first-order valence-corrected chi connectivity index (χ1v) is 13.5. The van der Waals surface area contributed by atoms with Gasteiger partial charge < -0.3 is 14.7 Å². The average molecular weight is 532 g/mol. The molecule has 0 aromatic heterocycles. The Morgan fingerprint density at radius 1 is 1.24 bits per heavy atom. The number of benzene rings is 2. The van der Waals surface area contributed by atoms with Crippen LogP contribution in [0, 0.1) is 23.6 Å². The van der Waals surface area contributed by atoms with Crippen molar-refractivity contribution in [3.05, 3.63) is 59.4 Å². The van der Waals surface area contributed by atoms with Gasteiger partial charge in [-0.1, -0.05) is 30.9 Å². The molecule has 0 unspecified atom stereocenters. The number of likely N-dealkylation sites (N-methyl/N-ethyl adjacent to an activating group) is 1. The zero-order valence-electron chi connectivity index (χ0n) is 21.8. The van der Waals surface area contributed by atoms with E-state index in [1.807, 2.05) is 25.9 Å². The lowest BCUT2D eigenvalue weighted by atomic mass is 10.0. The molecule has 1 amide bonds. The first-order chi connectivity index (χ1) is 17.4. The molecule has 8 nitrogen and oxygen atoms in total. The van der Waals surface area contributed by atoms with Crippen molar-refractivity contribution in [3.63, 3.8) is 0 Å². The summed E-state index contributed by atoms with van der Waals surface area (Å²) in [6.45, 7) is 3.79. The molecule has 1 N–H and O–H groups in total. The number of sulfonamides is 1. The molecule has 3 atom stereocenters. The molecule has 1 aliphatic heterocycles. The van der Waals surface area contributed by atoms with Crippen LogP contribution in [0.25, 0.3) is 0 Å². The summed E-state index contributed by atoms with van der Waals surface area (Å²) in [5.41, 5.74) is 0.528. The van der Waals surface area contributed by atoms with Gasteiger partial charge >= 0.3 is 0 Å². The summed E-state index contributed by atoms with van der Waals surface area (Å²) in [5.74, 6) is 4.67. The van der Waals surface area contributed by atoms with Crippen LogP contribution in [0.5, 0.6) is 5.75 Å². The number of nitrogens with zero attached hydrogens (tertiary/aromatic N) is 3. The van der Waals surface area contributed by atoms with Gasteiger partial charge in [-0.25, -0.2) is 12.8 Å². The molecule has 0 spiro atoms. The van der Waals surface area contributed by atoms with Crippen molar-refractivity contribution in [2.45, 2.75) is 30.9 Å². The maximum absolute atomic E-state index is 14.2. The van der Waals surface area contributed by atoms with Gasteiger partial charge in [0.2, 0.25) is 10.0 Å². The number of carbonyl (C=O) groups excluding carboxylic acids is 1. The molecule has 1 heterocycles. The zero-order chi connectivity index (χ0) is 27.3. The van der Waals surface area contributed by atoms with Crippen LogP contribution in [-0.4, -0.2) is 93.1 Å². The Morgan fingerprint density at radius 2 is 1.95 bits per heavy atom. The largest absolute Gasteiger partial charge is 0.487 e. The predicted octanol–water partition coefficient (Wildman–Crippen LogP) is 2.28. The number of hydrogen-bond donors (Lipinski definition) is 1. The summed E-state index contributed by atoms with van der Waals surface area (Å²) in [6.07, 6.45) is -0.617. The molecule has 3 rings (SSSR count). The van der Waals surface area contributed by atoms with E-state index in [-0.39, 0.29) is 41.8 Å². The van der Waals surface area contributed by atoms with Crippen molar-refractivity contribution in [1.29, 1.82) is 0 Å². The fourth-order valence-electron chi connectivity index (χ4n) is 4.01. The summed E-state index contributed by atoms with van der Waals surface area (Å²) in [5, 5.41) is 9.79. The smallest absolute Gasteiger partial charge is 0.256 e. The van der Waals surface area contributed by atoms with Gasteiger partial charge in [-0.2, -0.15) is 4.31 Å². The van der Waals surface area contributed by atoms with E-state index >= 15 is 0 Å². The molecule has 2 aromatic carbocycles. The van der Waals surface area contributed by atoms with Crippen molar-refractivity contribution in [2.24, 2.45) is 5.92 Å². The number of ether oxygens (including phenoxy) is 1. The quantitative estimate of drug-likeness (QED) is 0.576. The first kappa shape index (κ1) is 28.6. The highest BCUT2D eigenvalue weighted by Crippen LogP contribution is 2.34. The Morgan fingerprint density at radius 3 is 2.59 bits per heavy atom. The molecule has 37 heavy (non-hydrogen) atoms. The summed E-state index contributed by atoms with van der Waals surface area (Å²) in [6, 6.07) is 9.75. The topological polar surface area (TPSA) is 90.4 Å². The Kier molecular flexibility index (Phi) is 9.31. The lowest BCUT2D eigenvalue weighted by Gasteiger charge is -2.37. The van der Waals surface area contributed by atoms with Gasteiger partial charge in [-0.15, -0.1) is 0 Å². The fourth-order valence-corrected chi connectivity index (χ4v) is 5.84. The SMILES string of the molecule is C[C@H](CO)N1C[C@H](C)[C@H](CN(C)C(=O)c2ccccc2F)Oc2cc(C#CCN(C)C)ccc2S1(=O)=O. The van der Waals surface area contributed by atoms with Crippen LogP contribution in [0.2, 0.25) is 0 Å². The van der Waals surface area contributed by atoms with Gasteiger partial charge in [0.1, 0.15) is 22.6 Å². The number of aliphatic hydroxyl groups excluding tert-OH is 1. The lowest BCUT2D eigenvalue weighted by Crippen LogP contribution is -2.50. The zero-order valence-corrected chi connectivity index (χ0v) is 22.6. The first-order valence-electron chi connectivity index (χ1n) is 12.0. The Bertz CT molecular complexity index is 1290. The standard InChI is InChI=1S/C27H34FN3O5S/c1-19-16-31(20(2)18-32)37(34,35)26-13-12-21(9-8-14-29(3)4)15-24(26)36-25(19)17-30(5)27(33)22-10-6-7-11-23(22)28/h6-7,10-13,15,19-20,25,32H,14,16-18H2,1-5H3/t19-,20+,25-/m0/s1. The van der Waals surface area contributed by atoms with Crippen LogP contribution in [-0.2, 0) is 10.0 Å². The van der Waals surface area contributed by atoms with Crippen molar-refractivity contribution >= 4 is 15.9 Å². The molecule has 10 heteroatoms. The number of aliphatic hydroxyl groups is 1. The maximum Gasteiger partial charge on any atom is 0.256 e. The van der Waals surface area contributed by atoms with E-state index in [1.165, 1.54) is 33.5 Å². The highest BCUT2D eigenvalue weighted by atomic mass is 32.2. The number of fused-ring (bicyclic) bond motifs is 1. The number of hydrogen-bond acceptors (Lipinski definition) is 6. The molecule has 0 bridgehead atoms. The molecule has 0 aliphatic carbocycles. The van der Waals surface area contributed by atoms with Crippen LogP contribution in [0.3, 0.4) is 0 Å². The highest BCUT2D eigenvalue weighted by molar-refractivity contribution is 7.89. The Balaban J connectivity index is 2.01. The molecular weight excluding hydrogens is 497 g/mol. The Labute approximate surface area is 218 Å². The minimum absolute atomic E-state index is 0.0362. The van der Waals surface area contributed by atoms with Crippen LogP contribution in [0.15, 0.2) is 47.4 Å². The van der Waals surface area contributed by atoms with Gasteiger partial charge in [-0.3, -0.25) is 9.69 Å². The number of carbonyl (C=O) groups is 1. The molecule has 0 saturated carbocycles. The highest BCUT2D eigenvalue weighted by Gasteiger charge is 2.38. The van der Waals surface area contributed by atoms with Gasteiger partial charge in [0.25, 0.3) is 5.91 Å². The predicted molar refractivity (Wildman–Crippen MR) is 139 cm³/mol. The average Bonchev–Trinajstić information content (AvgIpc) is 2.85. The molecule has 200 valence electrons. The maximum atomic E-state index is 14.2. The summed E-state index contributed by atoms with van der Waals surface area (Å²) >= 11 is 0.